The second-order valence-corrected chi connectivity index (χ2v) is 6.25. The van der Waals surface area contributed by atoms with E-state index in [1.54, 1.807) is 6.07 Å². The molecule has 0 saturated carbocycles. The predicted octanol–water partition coefficient (Wildman–Crippen LogP) is 4.84. The molecule has 0 aromatic heterocycles. The van der Waals surface area contributed by atoms with Crippen LogP contribution in [0.4, 0.5) is 0 Å². The topological polar surface area (TPSA) is 20.3 Å². The van der Waals surface area contributed by atoms with Gasteiger partial charge in [0.25, 0.3) is 5.91 Å². The molecule has 106 valence electrons. The first-order valence-corrected chi connectivity index (χ1v) is 8.23. The van der Waals surface area contributed by atoms with E-state index >= 15 is 0 Å². The van der Waals surface area contributed by atoms with E-state index in [2.05, 4.69) is 36.4 Å². The molecule has 0 aliphatic rings. The van der Waals surface area contributed by atoms with Crippen LogP contribution in [-0.4, -0.2) is 23.9 Å². The Labute approximate surface area is 134 Å². The van der Waals surface area contributed by atoms with Crippen molar-refractivity contribution < 1.29 is 4.79 Å². The predicted molar refractivity (Wildman–Crippen MR) is 89.8 cm³/mol. The van der Waals surface area contributed by atoms with Gasteiger partial charge in [0.15, 0.2) is 0 Å². The molecule has 0 N–H and O–H groups in total. The molecule has 1 rings (SSSR count). The van der Waals surface area contributed by atoms with E-state index in [0.717, 1.165) is 29.5 Å². The molecule has 0 fully saturated rings. The quantitative estimate of drug-likeness (QED) is 0.633. The molecule has 0 heterocycles. The monoisotopic (exact) mass is 393 g/mol. The molecular weight excluding hydrogens is 373 g/mol. The molecule has 0 aliphatic carbocycles. The molecule has 1 aromatic carbocycles. The van der Waals surface area contributed by atoms with Gasteiger partial charge < -0.3 is 4.90 Å². The van der Waals surface area contributed by atoms with Crippen LogP contribution in [0.5, 0.6) is 0 Å². The minimum Gasteiger partial charge on any atom is -0.339 e. The van der Waals surface area contributed by atoms with Crippen molar-refractivity contribution in [2.75, 3.05) is 13.1 Å². The Balaban J connectivity index is 2.92. The van der Waals surface area contributed by atoms with E-state index in [-0.39, 0.29) is 5.91 Å². The summed E-state index contributed by atoms with van der Waals surface area (Å²) >= 11 is 8.18. The van der Waals surface area contributed by atoms with Crippen LogP contribution < -0.4 is 0 Å². The van der Waals surface area contributed by atoms with Crippen molar-refractivity contribution >= 4 is 40.1 Å². The van der Waals surface area contributed by atoms with Crippen molar-refractivity contribution in [3.05, 3.63) is 32.4 Å². The van der Waals surface area contributed by atoms with Gasteiger partial charge >= 0.3 is 0 Å². The average Bonchev–Trinajstić information content (AvgIpc) is 2.42. The summed E-state index contributed by atoms with van der Waals surface area (Å²) in [5, 5.41) is 0.613. The van der Waals surface area contributed by atoms with Gasteiger partial charge in [-0.15, -0.1) is 0 Å². The lowest BCUT2D eigenvalue weighted by atomic mass is 10.0. The van der Waals surface area contributed by atoms with Crippen LogP contribution in [-0.2, 0) is 0 Å². The lowest BCUT2D eigenvalue weighted by molar-refractivity contribution is 0.0734. The first-order valence-electron chi connectivity index (χ1n) is 6.77. The van der Waals surface area contributed by atoms with Crippen molar-refractivity contribution in [3.8, 4) is 0 Å². The maximum Gasteiger partial charge on any atom is 0.254 e. The number of hydrogen-bond donors (Lipinski definition) is 0. The summed E-state index contributed by atoms with van der Waals surface area (Å²) in [6, 6.07) is 5.47. The van der Waals surface area contributed by atoms with E-state index in [1.807, 2.05) is 24.0 Å². The highest BCUT2D eigenvalue weighted by molar-refractivity contribution is 14.1. The Kier molecular flexibility index (Phi) is 7.15. The van der Waals surface area contributed by atoms with E-state index in [9.17, 15) is 4.79 Å². The summed E-state index contributed by atoms with van der Waals surface area (Å²) in [5.74, 6) is 0.655. The molecule has 0 bridgehead atoms. The van der Waals surface area contributed by atoms with Gasteiger partial charge in [-0.05, 0) is 53.6 Å². The summed E-state index contributed by atoms with van der Waals surface area (Å²) in [6.45, 7) is 7.94. The number of nitrogens with zero attached hydrogens (tertiary/aromatic N) is 1. The molecular formula is C15H21ClINO. The second kappa shape index (κ2) is 8.10. The molecule has 0 spiro atoms. The Morgan fingerprint density at radius 1 is 1.32 bits per heavy atom. The SMILES string of the molecule is CCC(CC)CN(CC)C(=O)c1cc(Cl)ccc1I. The summed E-state index contributed by atoms with van der Waals surface area (Å²) in [4.78, 5) is 14.5. The van der Waals surface area contributed by atoms with Crippen molar-refractivity contribution in [1.82, 2.24) is 4.90 Å². The van der Waals surface area contributed by atoms with E-state index in [1.165, 1.54) is 0 Å². The van der Waals surface area contributed by atoms with Crippen LogP contribution in [0.25, 0.3) is 0 Å². The second-order valence-electron chi connectivity index (χ2n) is 4.65. The Hall–Kier alpha value is -0.290. The maximum atomic E-state index is 12.6. The molecule has 0 unspecified atom stereocenters. The van der Waals surface area contributed by atoms with Crippen molar-refractivity contribution in [2.24, 2.45) is 5.92 Å². The van der Waals surface area contributed by atoms with Gasteiger partial charge in [0, 0.05) is 21.7 Å². The van der Waals surface area contributed by atoms with Gasteiger partial charge in [-0.2, -0.15) is 0 Å². The number of carbonyl (C=O) groups excluding carboxylic acids is 1. The normalized spacial score (nSPS) is 10.8. The molecule has 1 aromatic rings. The molecule has 1 amide bonds. The van der Waals surface area contributed by atoms with Gasteiger partial charge in [-0.3, -0.25) is 4.79 Å². The summed E-state index contributed by atoms with van der Waals surface area (Å²) in [6.07, 6.45) is 2.21. The zero-order valence-electron chi connectivity index (χ0n) is 11.7. The van der Waals surface area contributed by atoms with Crippen LogP contribution in [0.2, 0.25) is 5.02 Å². The zero-order chi connectivity index (χ0) is 14.4. The Bertz CT molecular complexity index is 432. The number of halogens is 2. The van der Waals surface area contributed by atoms with Gasteiger partial charge in [-0.1, -0.05) is 38.3 Å². The molecule has 0 saturated heterocycles. The number of carbonyl (C=O) groups is 1. The van der Waals surface area contributed by atoms with Crippen LogP contribution in [0, 0.1) is 9.49 Å². The highest BCUT2D eigenvalue weighted by atomic mass is 127. The fraction of sp³-hybridized carbons (Fsp3) is 0.533. The molecule has 0 atom stereocenters. The van der Waals surface area contributed by atoms with Crippen LogP contribution in [0.3, 0.4) is 0 Å². The van der Waals surface area contributed by atoms with E-state index < -0.39 is 0 Å². The standard InChI is InChI=1S/C15H21ClINO/c1-4-11(5-2)10-18(6-3)15(19)13-9-12(16)7-8-14(13)17/h7-9,11H,4-6,10H2,1-3H3. The highest BCUT2D eigenvalue weighted by Crippen LogP contribution is 2.20. The third kappa shape index (κ3) is 4.63. The van der Waals surface area contributed by atoms with E-state index in [0.29, 0.717) is 16.5 Å². The minimum absolute atomic E-state index is 0.0845. The Morgan fingerprint density at radius 2 is 1.95 bits per heavy atom. The van der Waals surface area contributed by atoms with Crippen molar-refractivity contribution in [3.63, 3.8) is 0 Å². The Morgan fingerprint density at radius 3 is 2.47 bits per heavy atom. The number of amides is 1. The third-order valence-corrected chi connectivity index (χ3v) is 4.64. The van der Waals surface area contributed by atoms with Crippen LogP contribution in [0.1, 0.15) is 44.0 Å². The molecule has 0 radical (unpaired) electrons. The summed E-state index contributed by atoms with van der Waals surface area (Å²) < 4.78 is 0.954. The van der Waals surface area contributed by atoms with Gasteiger partial charge in [0.2, 0.25) is 0 Å². The lowest BCUT2D eigenvalue weighted by Crippen LogP contribution is -2.35. The molecule has 4 heteroatoms. The molecule has 19 heavy (non-hydrogen) atoms. The van der Waals surface area contributed by atoms with Gasteiger partial charge in [0.05, 0.1) is 5.56 Å². The van der Waals surface area contributed by atoms with Crippen molar-refractivity contribution in [2.45, 2.75) is 33.6 Å². The largest absolute Gasteiger partial charge is 0.339 e. The smallest absolute Gasteiger partial charge is 0.254 e. The fourth-order valence-corrected chi connectivity index (χ4v) is 2.78. The first-order chi connectivity index (χ1) is 9.03. The third-order valence-electron chi connectivity index (χ3n) is 3.46. The number of rotatable bonds is 6. The number of hydrogen-bond acceptors (Lipinski definition) is 1. The summed E-state index contributed by atoms with van der Waals surface area (Å²) in [7, 11) is 0. The molecule has 0 aliphatic heterocycles. The lowest BCUT2D eigenvalue weighted by Gasteiger charge is -2.26. The van der Waals surface area contributed by atoms with Gasteiger partial charge in [0.1, 0.15) is 0 Å². The van der Waals surface area contributed by atoms with Crippen LogP contribution >= 0.6 is 34.2 Å². The van der Waals surface area contributed by atoms with Gasteiger partial charge in [-0.25, -0.2) is 0 Å². The van der Waals surface area contributed by atoms with E-state index in [4.69, 9.17) is 11.6 Å². The van der Waals surface area contributed by atoms with Crippen molar-refractivity contribution in [1.29, 1.82) is 0 Å². The zero-order valence-corrected chi connectivity index (χ0v) is 14.7. The summed E-state index contributed by atoms with van der Waals surface area (Å²) in [5.41, 5.74) is 0.709. The highest BCUT2D eigenvalue weighted by Gasteiger charge is 2.19. The van der Waals surface area contributed by atoms with Crippen LogP contribution in [0.15, 0.2) is 18.2 Å². The minimum atomic E-state index is 0.0845. The molecule has 2 nitrogen and oxygen atoms in total. The maximum absolute atomic E-state index is 12.6. The number of benzene rings is 1. The first kappa shape index (κ1) is 16.8. The average molecular weight is 394 g/mol. The fourth-order valence-electron chi connectivity index (χ4n) is 2.05.